The van der Waals surface area contributed by atoms with Gasteiger partial charge in [-0.25, -0.2) is 9.07 Å². The fraction of sp³-hybridized carbons (Fsp3) is 0.429. The molecule has 1 aromatic heterocycles. The largest absolute Gasteiger partial charge is 0.494 e. The van der Waals surface area contributed by atoms with E-state index in [4.69, 9.17) is 4.74 Å². The van der Waals surface area contributed by atoms with E-state index in [1.807, 2.05) is 20.8 Å². The summed E-state index contributed by atoms with van der Waals surface area (Å²) in [5, 5.41) is 12.0. The first-order valence-corrected chi connectivity index (χ1v) is 7.60. The Bertz CT molecular complexity index is 682. The number of benzene rings is 1. The lowest BCUT2D eigenvalue weighted by atomic mass is 10.1. The Labute approximate surface area is 132 Å². The lowest BCUT2D eigenvalue weighted by Crippen LogP contribution is -2.24. The number of nitrogens with zero attached hydrogens (tertiary/aromatic N) is 4. The third kappa shape index (κ3) is 3.62. The maximum Gasteiger partial charge on any atom is 0.210 e. The second-order valence-corrected chi connectivity index (χ2v) is 6.55. The molecule has 0 aliphatic heterocycles. The van der Waals surface area contributed by atoms with Crippen molar-refractivity contribution < 1.29 is 13.9 Å². The van der Waals surface area contributed by atoms with Crippen molar-refractivity contribution in [3.05, 3.63) is 29.6 Å². The molecule has 0 aliphatic carbocycles. The van der Waals surface area contributed by atoms with Crippen LogP contribution in [-0.2, 0) is 5.54 Å². The first-order chi connectivity index (χ1) is 10.3. The second kappa shape index (κ2) is 6.43. The van der Waals surface area contributed by atoms with Crippen molar-refractivity contribution in [2.24, 2.45) is 0 Å². The number of hydrogen-bond acceptors (Lipinski definition) is 6. The van der Waals surface area contributed by atoms with Gasteiger partial charge in [0.15, 0.2) is 17.3 Å². The summed E-state index contributed by atoms with van der Waals surface area (Å²) in [5.74, 6) is -0.517. The average molecular weight is 324 g/mol. The highest BCUT2D eigenvalue weighted by atomic mass is 32.2. The minimum Gasteiger partial charge on any atom is -0.494 e. The number of tetrazole rings is 1. The Morgan fingerprint density at radius 3 is 2.73 bits per heavy atom. The molecule has 0 saturated heterocycles. The van der Waals surface area contributed by atoms with Gasteiger partial charge in [-0.3, -0.25) is 4.79 Å². The highest BCUT2D eigenvalue weighted by Crippen LogP contribution is 2.23. The van der Waals surface area contributed by atoms with Crippen LogP contribution in [0.1, 0.15) is 31.1 Å². The summed E-state index contributed by atoms with van der Waals surface area (Å²) in [5.41, 5.74) is 0.0155. The summed E-state index contributed by atoms with van der Waals surface area (Å²) in [6, 6.07) is 4.15. The Morgan fingerprint density at radius 1 is 1.41 bits per heavy atom. The quantitative estimate of drug-likeness (QED) is 0.622. The van der Waals surface area contributed by atoms with E-state index >= 15 is 0 Å². The molecule has 0 N–H and O–H groups in total. The zero-order valence-electron chi connectivity index (χ0n) is 12.8. The summed E-state index contributed by atoms with van der Waals surface area (Å²) in [6.07, 6.45) is 0. The van der Waals surface area contributed by atoms with Gasteiger partial charge in [0.2, 0.25) is 5.16 Å². The maximum atomic E-state index is 13.6. The van der Waals surface area contributed by atoms with E-state index in [1.54, 1.807) is 4.68 Å². The molecule has 0 unspecified atom stereocenters. The van der Waals surface area contributed by atoms with Gasteiger partial charge in [0.25, 0.3) is 0 Å². The van der Waals surface area contributed by atoms with E-state index in [0.717, 1.165) is 0 Å². The molecular formula is C14H17FN4O2S. The molecule has 1 heterocycles. The van der Waals surface area contributed by atoms with Crippen molar-refractivity contribution in [2.45, 2.75) is 31.5 Å². The zero-order chi connectivity index (χ0) is 16.3. The van der Waals surface area contributed by atoms with Crippen molar-refractivity contribution in [3.8, 4) is 5.75 Å². The van der Waals surface area contributed by atoms with Gasteiger partial charge < -0.3 is 4.74 Å². The normalized spacial score (nSPS) is 11.5. The van der Waals surface area contributed by atoms with Crippen molar-refractivity contribution in [2.75, 3.05) is 12.9 Å². The van der Waals surface area contributed by atoms with E-state index < -0.39 is 5.82 Å². The summed E-state index contributed by atoms with van der Waals surface area (Å²) in [6.45, 7) is 5.90. The minimum absolute atomic E-state index is 0.112. The van der Waals surface area contributed by atoms with Crippen LogP contribution in [0.4, 0.5) is 4.39 Å². The molecule has 0 fully saturated rings. The number of rotatable bonds is 5. The van der Waals surface area contributed by atoms with Crippen LogP contribution >= 0.6 is 11.8 Å². The van der Waals surface area contributed by atoms with Crippen molar-refractivity contribution in [1.29, 1.82) is 0 Å². The number of ether oxygens (including phenoxy) is 1. The van der Waals surface area contributed by atoms with Crippen LogP contribution in [0.3, 0.4) is 0 Å². The van der Waals surface area contributed by atoms with Crippen molar-refractivity contribution in [3.63, 3.8) is 0 Å². The van der Waals surface area contributed by atoms with E-state index in [2.05, 4.69) is 15.5 Å². The fourth-order valence-corrected chi connectivity index (χ4v) is 2.70. The predicted octanol–water partition coefficient (Wildman–Crippen LogP) is 2.55. The molecule has 2 rings (SSSR count). The summed E-state index contributed by atoms with van der Waals surface area (Å²) < 4.78 is 20.1. The number of aromatic nitrogens is 4. The Balaban J connectivity index is 2.08. The van der Waals surface area contributed by atoms with E-state index in [1.165, 1.54) is 37.1 Å². The summed E-state index contributed by atoms with van der Waals surface area (Å²) in [7, 11) is 1.38. The monoisotopic (exact) mass is 324 g/mol. The van der Waals surface area contributed by atoms with E-state index in [-0.39, 0.29) is 22.8 Å². The first-order valence-electron chi connectivity index (χ1n) is 6.61. The van der Waals surface area contributed by atoms with Gasteiger partial charge in [-0.2, -0.15) is 0 Å². The Morgan fingerprint density at radius 2 is 2.14 bits per heavy atom. The molecule has 6 nitrogen and oxygen atoms in total. The number of hydrogen-bond donors (Lipinski definition) is 0. The predicted molar refractivity (Wildman–Crippen MR) is 80.8 cm³/mol. The third-order valence-corrected chi connectivity index (χ3v) is 3.80. The standard InChI is InChI=1S/C14H17FN4O2S/c1-14(2,3)19-13(16-17-18-19)22-8-11(20)9-5-6-12(21-4)10(15)7-9/h5-7H,8H2,1-4H3. The molecule has 2 aromatic rings. The molecule has 8 heteroatoms. The van der Waals surface area contributed by atoms with Crippen LogP contribution < -0.4 is 4.74 Å². The minimum atomic E-state index is -0.558. The van der Waals surface area contributed by atoms with Crippen molar-refractivity contribution >= 4 is 17.5 Å². The fourth-order valence-electron chi connectivity index (χ4n) is 1.74. The number of carbonyl (C=O) groups is 1. The van der Waals surface area contributed by atoms with Crippen LogP contribution in [0, 0.1) is 5.82 Å². The SMILES string of the molecule is COc1ccc(C(=O)CSc2nnnn2C(C)(C)C)cc1F. The van der Waals surface area contributed by atoms with Gasteiger partial charge in [0.1, 0.15) is 0 Å². The molecule has 0 bridgehead atoms. The molecule has 22 heavy (non-hydrogen) atoms. The van der Waals surface area contributed by atoms with Crippen LogP contribution in [-0.4, -0.2) is 38.9 Å². The number of methoxy groups -OCH3 is 1. The number of halogens is 1. The van der Waals surface area contributed by atoms with E-state index in [0.29, 0.717) is 10.7 Å². The van der Waals surface area contributed by atoms with Gasteiger partial charge >= 0.3 is 0 Å². The number of ketones is 1. The molecular weight excluding hydrogens is 307 g/mol. The highest BCUT2D eigenvalue weighted by molar-refractivity contribution is 7.99. The third-order valence-electron chi connectivity index (χ3n) is 2.88. The second-order valence-electron chi connectivity index (χ2n) is 5.61. The van der Waals surface area contributed by atoms with Crippen LogP contribution in [0.5, 0.6) is 5.75 Å². The number of thioether (sulfide) groups is 1. The summed E-state index contributed by atoms with van der Waals surface area (Å²) in [4.78, 5) is 12.1. The van der Waals surface area contributed by atoms with E-state index in [9.17, 15) is 9.18 Å². The lowest BCUT2D eigenvalue weighted by molar-refractivity contribution is 0.102. The van der Waals surface area contributed by atoms with Gasteiger partial charge in [-0.05, 0) is 49.4 Å². The molecule has 0 atom stereocenters. The van der Waals surface area contributed by atoms with Gasteiger partial charge in [0, 0.05) is 5.56 Å². The topological polar surface area (TPSA) is 69.9 Å². The zero-order valence-corrected chi connectivity index (χ0v) is 13.6. The van der Waals surface area contributed by atoms with Gasteiger partial charge in [-0.15, -0.1) is 5.10 Å². The first kappa shape index (κ1) is 16.4. The number of carbonyl (C=O) groups excluding carboxylic acids is 1. The van der Waals surface area contributed by atoms with Crippen LogP contribution in [0.2, 0.25) is 0 Å². The molecule has 118 valence electrons. The molecule has 0 aliphatic rings. The lowest BCUT2D eigenvalue weighted by Gasteiger charge is -2.19. The van der Waals surface area contributed by atoms with Gasteiger partial charge in [-0.1, -0.05) is 11.8 Å². The highest BCUT2D eigenvalue weighted by Gasteiger charge is 2.21. The van der Waals surface area contributed by atoms with Crippen LogP contribution in [0.25, 0.3) is 0 Å². The summed E-state index contributed by atoms with van der Waals surface area (Å²) >= 11 is 1.22. The average Bonchev–Trinajstić information content (AvgIpc) is 2.93. The molecule has 0 radical (unpaired) electrons. The molecule has 0 spiro atoms. The molecule has 0 saturated carbocycles. The van der Waals surface area contributed by atoms with Crippen LogP contribution in [0.15, 0.2) is 23.4 Å². The maximum absolute atomic E-state index is 13.6. The molecule has 0 amide bonds. The Kier molecular flexibility index (Phi) is 4.80. The van der Waals surface area contributed by atoms with Crippen molar-refractivity contribution in [1.82, 2.24) is 20.2 Å². The van der Waals surface area contributed by atoms with Gasteiger partial charge in [0.05, 0.1) is 18.4 Å². The number of Topliss-reactive ketones (excluding diaryl/α,β-unsaturated/α-hetero) is 1. The Hall–Kier alpha value is -1.96. The smallest absolute Gasteiger partial charge is 0.210 e. The molecule has 1 aromatic carbocycles.